The lowest BCUT2D eigenvalue weighted by atomic mass is 10.1. The zero-order valence-electron chi connectivity index (χ0n) is 36.1. The third-order valence-electron chi connectivity index (χ3n) is 9.36. The molecule has 0 aliphatic carbocycles. The minimum Gasteiger partial charge on any atom is -0.462 e. The first-order valence-electron chi connectivity index (χ1n) is 22.8. The molecule has 0 spiro atoms. The van der Waals surface area contributed by atoms with Crippen LogP contribution in [-0.4, -0.2) is 36.4 Å². The smallest absolute Gasteiger partial charge is 0.306 e. The summed E-state index contributed by atoms with van der Waals surface area (Å²) >= 11 is 0. The summed E-state index contributed by atoms with van der Waals surface area (Å²) < 4.78 is 10.6. The molecule has 5 heteroatoms. The van der Waals surface area contributed by atoms with Crippen molar-refractivity contribution in [2.24, 2.45) is 0 Å². The number of esters is 2. The quantitative estimate of drug-likeness (QED) is 0.0381. The van der Waals surface area contributed by atoms with E-state index < -0.39 is 6.10 Å². The molecule has 0 saturated heterocycles. The highest BCUT2D eigenvalue weighted by Gasteiger charge is 2.16. The van der Waals surface area contributed by atoms with Crippen molar-refractivity contribution in [1.29, 1.82) is 0 Å². The Hall–Kier alpha value is -3.18. The predicted molar refractivity (Wildman–Crippen MR) is 242 cm³/mol. The van der Waals surface area contributed by atoms with Crippen LogP contribution in [0.3, 0.4) is 0 Å². The molecule has 0 bridgehead atoms. The van der Waals surface area contributed by atoms with E-state index in [4.69, 9.17) is 9.47 Å². The van der Waals surface area contributed by atoms with Crippen molar-refractivity contribution in [1.82, 2.24) is 0 Å². The average molecular weight is 777 g/mol. The van der Waals surface area contributed by atoms with Crippen LogP contribution in [0.25, 0.3) is 0 Å². The monoisotopic (exact) mass is 777 g/mol. The molecule has 0 saturated carbocycles. The Bertz CT molecular complexity index is 1110. The molecule has 1 atom stereocenters. The molecule has 0 aliphatic rings. The molecule has 0 aromatic rings. The molecular formula is C51H84O5. The van der Waals surface area contributed by atoms with Crippen molar-refractivity contribution in [2.45, 2.75) is 200 Å². The van der Waals surface area contributed by atoms with Crippen molar-refractivity contribution in [3.8, 4) is 0 Å². The molecule has 0 radical (unpaired) electrons. The van der Waals surface area contributed by atoms with Gasteiger partial charge < -0.3 is 14.6 Å². The van der Waals surface area contributed by atoms with Crippen LogP contribution in [0.4, 0.5) is 0 Å². The lowest BCUT2D eigenvalue weighted by molar-refractivity contribution is -0.161. The van der Waals surface area contributed by atoms with E-state index in [1.807, 2.05) is 0 Å². The second kappa shape index (κ2) is 46.2. The van der Waals surface area contributed by atoms with Crippen molar-refractivity contribution in [2.75, 3.05) is 13.2 Å². The molecule has 0 aromatic carbocycles. The van der Waals surface area contributed by atoms with Gasteiger partial charge in [-0.1, -0.05) is 188 Å². The lowest BCUT2D eigenvalue weighted by Gasteiger charge is -2.15. The van der Waals surface area contributed by atoms with E-state index in [-0.39, 0.29) is 31.6 Å². The summed E-state index contributed by atoms with van der Waals surface area (Å²) in [5.41, 5.74) is 0. The average Bonchev–Trinajstić information content (AvgIpc) is 3.20. The number of aliphatic hydroxyl groups is 1. The number of carbonyl (C=O) groups excluding carboxylic acids is 2. The number of aliphatic hydroxyl groups excluding tert-OH is 1. The van der Waals surface area contributed by atoms with Crippen LogP contribution >= 0.6 is 0 Å². The highest BCUT2D eigenvalue weighted by molar-refractivity contribution is 5.70. The Morgan fingerprint density at radius 3 is 1.23 bits per heavy atom. The van der Waals surface area contributed by atoms with E-state index in [1.54, 1.807) is 0 Å². The predicted octanol–water partition coefficient (Wildman–Crippen LogP) is 14.8. The molecule has 0 amide bonds. The van der Waals surface area contributed by atoms with Crippen molar-refractivity contribution < 1.29 is 24.2 Å². The first-order chi connectivity index (χ1) is 27.6. The van der Waals surface area contributed by atoms with Gasteiger partial charge in [-0.15, -0.1) is 0 Å². The van der Waals surface area contributed by atoms with Crippen LogP contribution in [0.1, 0.15) is 194 Å². The lowest BCUT2D eigenvalue weighted by Crippen LogP contribution is -2.28. The Labute approximate surface area is 345 Å². The highest BCUT2D eigenvalue weighted by atomic mass is 16.6. The highest BCUT2D eigenvalue weighted by Crippen LogP contribution is 2.13. The van der Waals surface area contributed by atoms with Crippen LogP contribution < -0.4 is 0 Å². The normalized spacial score (nSPS) is 13.1. The van der Waals surface area contributed by atoms with Crippen LogP contribution in [0.2, 0.25) is 0 Å². The second-order valence-electron chi connectivity index (χ2n) is 14.7. The van der Waals surface area contributed by atoms with Gasteiger partial charge in [0, 0.05) is 12.8 Å². The summed E-state index contributed by atoms with van der Waals surface area (Å²) in [6, 6.07) is 0. The summed E-state index contributed by atoms with van der Waals surface area (Å²) in [6.45, 7) is 3.97. The fourth-order valence-corrected chi connectivity index (χ4v) is 5.95. The van der Waals surface area contributed by atoms with Crippen molar-refractivity contribution >= 4 is 11.9 Å². The third-order valence-corrected chi connectivity index (χ3v) is 9.36. The van der Waals surface area contributed by atoms with Gasteiger partial charge in [0.1, 0.15) is 6.61 Å². The second-order valence-corrected chi connectivity index (χ2v) is 14.7. The Morgan fingerprint density at radius 1 is 0.429 bits per heavy atom. The van der Waals surface area contributed by atoms with Gasteiger partial charge in [0.05, 0.1) is 6.61 Å². The molecule has 0 aromatic heterocycles. The van der Waals surface area contributed by atoms with E-state index in [0.29, 0.717) is 12.8 Å². The maximum atomic E-state index is 12.2. The maximum absolute atomic E-state index is 12.2. The Balaban J connectivity index is 3.68. The maximum Gasteiger partial charge on any atom is 0.306 e. The molecule has 1 N–H and O–H groups in total. The number of ether oxygens (including phenoxy) is 2. The first-order valence-corrected chi connectivity index (χ1v) is 22.8. The number of allylic oxidation sites excluding steroid dienone is 16. The Kier molecular flexibility index (Phi) is 43.6. The van der Waals surface area contributed by atoms with E-state index in [9.17, 15) is 14.7 Å². The summed E-state index contributed by atoms with van der Waals surface area (Å²) in [4.78, 5) is 24.3. The molecule has 0 fully saturated rings. The summed E-state index contributed by atoms with van der Waals surface area (Å²) in [5, 5.41) is 9.59. The standard InChI is InChI=1S/C51H84O5/c1-3-5-7-9-11-13-15-17-19-21-23-24-25-26-28-30-32-34-36-38-40-42-44-46-51(54)56-49(47-52)48-55-50(53)45-43-41-39-37-35-33-31-29-27-22-20-18-16-14-12-10-8-6-4-2/h5,7,11,13,17-20,23-24,26,28,32,34,38,40,49,52H,3-4,6,8-10,12,14-16,21-22,25,27,29-31,33,35-37,39,41-48H2,1-2H3/b7-5-,13-11-,19-17-,20-18-,24-23-,28-26-,34-32-,40-38-. The third kappa shape index (κ3) is 43.5. The molecule has 318 valence electrons. The van der Waals surface area contributed by atoms with Gasteiger partial charge in [-0.2, -0.15) is 0 Å². The largest absolute Gasteiger partial charge is 0.462 e. The molecule has 0 aliphatic heterocycles. The van der Waals surface area contributed by atoms with E-state index in [1.165, 1.54) is 89.9 Å². The summed E-state index contributed by atoms with van der Waals surface area (Å²) in [6.07, 6.45) is 64.8. The van der Waals surface area contributed by atoms with Gasteiger partial charge in [-0.3, -0.25) is 9.59 Å². The SMILES string of the molecule is CC/C=C\C/C=C\C/C=C\C/C=C\C/C=C\C/C=C\C/C=C\CCCC(=O)OC(CO)COC(=O)CCCCCCCCCCC/C=C\CCCCCCCC. The summed E-state index contributed by atoms with van der Waals surface area (Å²) in [7, 11) is 0. The molecule has 0 rings (SSSR count). The van der Waals surface area contributed by atoms with Crippen LogP contribution in [0.5, 0.6) is 0 Å². The summed E-state index contributed by atoms with van der Waals surface area (Å²) in [5.74, 6) is -0.668. The number of rotatable bonds is 40. The van der Waals surface area contributed by atoms with E-state index >= 15 is 0 Å². The van der Waals surface area contributed by atoms with Gasteiger partial charge in [-0.05, 0) is 89.9 Å². The van der Waals surface area contributed by atoms with Crippen LogP contribution in [-0.2, 0) is 19.1 Å². The van der Waals surface area contributed by atoms with Gasteiger partial charge in [-0.25, -0.2) is 0 Å². The topological polar surface area (TPSA) is 72.8 Å². The Morgan fingerprint density at radius 2 is 0.786 bits per heavy atom. The zero-order valence-corrected chi connectivity index (χ0v) is 36.1. The van der Waals surface area contributed by atoms with Crippen LogP contribution in [0, 0.1) is 0 Å². The molecule has 5 nitrogen and oxygen atoms in total. The van der Waals surface area contributed by atoms with Crippen molar-refractivity contribution in [3.63, 3.8) is 0 Å². The zero-order chi connectivity index (χ0) is 40.7. The van der Waals surface area contributed by atoms with Crippen LogP contribution in [0.15, 0.2) is 97.2 Å². The fraction of sp³-hybridized carbons (Fsp3) is 0.647. The molecule has 0 heterocycles. The van der Waals surface area contributed by atoms with Gasteiger partial charge in [0.25, 0.3) is 0 Å². The molecule has 56 heavy (non-hydrogen) atoms. The number of carbonyl (C=O) groups is 2. The van der Waals surface area contributed by atoms with E-state index in [2.05, 4.69) is 111 Å². The minimum absolute atomic E-state index is 0.0954. The molecular weight excluding hydrogens is 693 g/mol. The number of unbranched alkanes of at least 4 members (excludes halogenated alkanes) is 16. The van der Waals surface area contributed by atoms with Gasteiger partial charge in [0.2, 0.25) is 0 Å². The minimum atomic E-state index is -0.809. The molecule has 1 unspecified atom stereocenters. The first kappa shape index (κ1) is 52.8. The fourth-order valence-electron chi connectivity index (χ4n) is 5.95. The van der Waals surface area contributed by atoms with Gasteiger partial charge >= 0.3 is 11.9 Å². The van der Waals surface area contributed by atoms with Crippen molar-refractivity contribution in [3.05, 3.63) is 97.2 Å². The van der Waals surface area contributed by atoms with E-state index in [0.717, 1.165) is 70.6 Å². The number of hydrogen-bond acceptors (Lipinski definition) is 5. The van der Waals surface area contributed by atoms with Gasteiger partial charge in [0.15, 0.2) is 6.10 Å². The number of hydrogen-bond donors (Lipinski definition) is 1.